The molecule has 1 aromatic carbocycles. The highest BCUT2D eigenvalue weighted by molar-refractivity contribution is 7.18. The molecule has 1 aromatic heterocycles. The number of nitrogens with one attached hydrogen (secondary N) is 2. The molecule has 2 aromatic rings. The lowest BCUT2D eigenvalue weighted by Gasteiger charge is -2.30. The summed E-state index contributed by atoms with van der Waals surface area (Å²) in [5, 5.41) is 7.74. The van der Waals surface area contributed by atoms with E-state index < -0.39 is 0 Å². The van der Waals surface area contributed by atoms with E-state index in [1.165, 1.54) is 9.71 Å². The highest BCUT2D eigenvalue weighted by Gasteiger charge is 2.22. The minimum Gasteiger partial charge on any atom is -0.353 e. The van der Waals surface area contributed by atoms with Crippen LogP contribution in [0.3, 0.4) is 0 Å². The minimum absolute atomic E-state index is 0. The monoisotopic (exact) mass is 403 g/mol. The van der Waals surface area contributed by atoms with E-state index in [1.54, 1.807) is 11.3 Å². The van der Waals surface area contributed by atoms with Gasteiger partial charge in [0.1, 0.15) is 0 Å². The van der Waals surface area contributed by atoms with E-state index in [-0.39, 0.29) is 30.7 Å². The van der Waals surface area contributed by atoms with E-state index in [2.05, 4.69) is 40.7 Å². The fraction of sp³-hybridized carbons (Fsp3) is 0.556. The molecule has 25 heavy (non-hydrogen) atoms. The molecule has 2 atom stereocenters. The number of hydrogen-bond donors (Lipinski definition) is 2. The van der Waals surface area contributed by atoms with Gasteiger partial charge in [-0.25, -0.2) is 4.98 Å². The Morgan fingerprint density at radius 1 is 1.32 bits per heavy atom. The number of carbonyl (C=O) groups excluding carboxylic acids is 1. The number of aryl methyl sites for hydroxylation is 1. The Hall–Kier alpha value is -0.880. The van der Waals surface area contributed by atoms with Crippen LogP contribution in [0.5, 0.6) is 0 Å². The van der Waals surface area contributed by atoms with E-state index >= 15 is 0 Å². The fourth-order valence-electron chi connectivity index (χ4n) is 3.10. The Morgan fingerprint density at radius 3 is 2.88 bits per heavy atom. The van der Waals surface area contributed by atoms with E-state index in [4.69, 9.17) is 0 Å². The molecular formula is C18H27Cl2N3OS. The van der Waals surface area contributed by atoms with Gasteiger partial charge in [0.05, 0.1) is 15.2 Å². The maximum Gasteiger partial charge on any atom is 0.220 e. The third-order valence-corrected chi connectivity index (χ3v) is 5.61. The molecule has 2 unspecified atom stereocenters. The molecule has 1 fully saturated rings. The Bertz CT molecular complexity index is 632. The van der Waals surface area contributed by atoms with Crippen molar-refractivity contribution in [1.82, 2.24) is 15.6 Å². The summed E-state index contributed by atoms with van der Waals surface area (Å²) in [7, 11) is 0. The average Bonchev–Trinajstić information content (AvgIpc) is 2.96. The van der Waals surface area contributed by atoms with E-state index in [0.29, 0.717) is 18.4 Å². The molecule has 1 saturated heterocycles. The van der Waals surface area contributed by atoms with Gasteiger partial charge in [-0.1, -0.05) is 19.1 Å². The normalized spacial score (nSPS) is 19.7. The summed E-state index contributed by atoms with van der Waals surface area (Å²) in [4.78, 5) is 16.7. The second-order valence-corrected chi connectivity index (χ2v) is 7.54. The van der Waals surface area contributed by atoms with Crippen molar-refractivity contribution >= 4 is 52.3 Å². The van der Waals surface area contributed by atoms with Gasteiger partial charge in [-0.3, -0.25) is 4.79 Å². The number of nitrogens with zero attached hydrogens (tertiary/aromatic N) is 1. The number of para-hydroxylation sites is 1. The largest absolute Gasteiger partial charge is 0.353 e. The van der Waals surface area contributed by atoms with Crippen molar-refractivity contribution < 1.29 is 4.79 Å². The third kappa shape index (κ3) is 6.41. The first-order valence-electron chi connectivity index (χ1n) is 8.57. The molecule has 0 saturated carbocycles. The number of piperidine rings is 1. The van der Waals surface area contributed by atoms with Crippen LogP contribution >= 0.6 is 36.2 Å². The zero-order valence-electron chi connectivity index (χ0n) is 14.5. The zero-order valence-corrected chi connectivity index (χ0v) is 16.9. The lowest BCUT2D eigenvalue weighted by atomic mass is 9.95. The molecular weight excluding hydrogens is 377 g/mol. The fourth-order valence-corrected chi connectivity index (χ4v) is 4.11. The van der Waals surface area contributed by atoms with Gasteiger partial charge in [-0.2, -0.15) is 0 Å². The van der Waals surface area contributed by atoms with Crippen LogP contribution in [0.25, 0.3) is 10.2 Å². The standard InChI is InChI=1S/C18H25N3OS.2ClH/c1-13-12-19-11-10-14(13)20-17(22)8-4-5-9-18-21-15-6-2-3-7-16(15)23-18;;/h2-3,6-7,13-14,19H,4-5,8-12H2,1H3,(H,20,22);2*1H. The number of fused-ring (bicyclic) bond motifs is 1. The van der Waals surface area contributed by atoms with Gasteiger partial charge in [0, 0.05) is 12.5 Å². The number of aromatic nitrogens is 1. The van der Waals surface area contributed by atoms with Crippen molar-refractivity contribution in [2.24, 2.45) is 5.92 Å². The first-order chi connectivity index (χ1) is 11.2. The minimum atomic E-state index is 0. The second kappa shape index (κ2) is 11.0. The summed E-state index contributed by atoms with van der Waals surface area (Å²) in [5.41, 5.74) is 1.09. The summed E-state index contributed by atoms with van der Waals surface area (Å²) < 4.78 is 1.25. The van der Waals surface area contributed by atoms with Crippen LogP contribution in [0.15, 0.2) is 24.3 Å². The summed E-state index contributed by atoms with van der Waals surface area (Å²) in [5.74, 6) is 0.725. The summed E-state index contributed by atoms with van der Waals surface area (Å²) in [6.45, 7) is 4.21. The molecule has 1 aliphatic heterocycles. The van der Waals surface area contributed by atoms with E-state index in [1.807, 2.05) is 6.07 Å². The quantitative estimate of drug-likeness (QED) is 0.717. The number of benzene rings is 1. The Balaban J connectivity index is 0.00000156. The molecule has 2 N–H and O–H groups in total. The molecule has 1 aliphatic rings. The lowest BCUT2D eigenvalue weighted by molar-refractivity contribution is -0.122. The van der Waals surface area contributed by atoms with Gasteiger partial charge in [0.25, 0.3) is 0 Å². The van der Waals surface area contributed by atoms with E-state index in [0.717, 1.165) is 44.3 Å². The number of thiazole rings is 1. The van der Waals surface area contributed by atoms with Crippen LogP contribution in [-0.4, -0.2) is 30.0 Å². The van der Waals surface area contributed by atoms with Crippen LogP contribution in [0.1, 0.15) is 37.6 Å². The Morgan fingerprint density at radius 2 is 2.12 bits per heavy atom. The first kappa shape index (κ1) is 22.2. The summed E-state index contributed by atoms with van der Waals surface area (Å²) in [6.07, 6.45) is 4.59. The van der Waals surface area contributed by atoms with Crippen LogP contribution in [0.2, 0.25) is 0 Å². The summed E-state index contributed by atoms with van der Waals surface area (Å²) in [6, 6.07) is 8.59. The molecule has 1 amide bonds. The van der Waals surface area contributed by atoms with Crippen molar-refractivity contribution in [3.8, 4) is 0 Å². The predicted molar refractivity (Wildman–Crippen MR) is 110 cm³/mol. The molecule has 7 heteroatoms. The zero-order chi connectivity index (χ0) is 16.1. The second-order valence-electron chi connectivity index (χ2n) is 6.43. The number of amides is 1. The van der Waals surface area contributed by atoms with Gasteiger partial charge in [-0.05, 0) is 56.8 Å². The molecule has 0 radical (unpaired) electrons. The van der Waals surface area contributed by atoms with Crippen molar-refractivity contribution in [3.63, 3.8) is 0 Å². The molecule has 0 bridgehead atoms. The number of rotatable bonds is 6. The average molecular weight is 404 g/mol. The maximum atomic E-state index is 12.1. The molecule has 4 nitrogen and oxygen atoms in total. The lowest BCUT2D eigenvalue weighted by Crippen LogP contribution is -2.48. The van der Waals surface area contributed by atoms with E-state index in [9.17, 15) is 4.79 Å². The SMILES string of the molecule is CC1CNCCC1NC(=O)CCCCc1nc2ccccc2s1.Cl.Cl. The van der Waals surface area contributed by atoms with Crippen molar-refractivity contribution in [3.05, 3.63) is 29.3 Å². The van der Waals surface area contributed by atoms with Gasteiger partial charge in [-0.15, -0.1) is 36.2 Å². The Labute approximate surface area is 166 Å². The Kier molecular flexibility index (Phi) is 9.72. The molecule has 0 spiro atoms. The third-order valence-electron chi connectivity index (χ3n) is 4.51. The predicted octanol–water partition coefficient (Wildman–Crippen LogP) is 3.97. The van der Waals surface area contributed by atoms with Gasteiger partial charge in [0.15, 0.2) is 0 Å². The van der Waals surface area contributed by atoms with Crippen LogP contribution in [0, 0.1) is 5.92 Å². The molecule has 0 aliphatic carbocycles. The molecule has 2 heterocycles. The van der Waals surface area contributed by atoms with Crippen LogP contribution < -0.4 is 10.6 Å². The van der Waals surface area contributed by atoms with Crippen LogP contribution in [-0.2, 0) is 11.2 Å². The van der Waals surface area contributed by atoms with Gasteiger partial charge < -0.3 is 10.6 Å². The highest BCUT2D eigenvalue weighted by Crippen LogP contribution is 2.22. The number of unbranched alkanes of at least 4 members (excludes halogenated alkanes) is 1. The number of halogens is 2. The number of carbonyl (C=O) groups is 1. The smallest absolute Gasteiger partial charge is 0.220 e. The van der Waals surface area contributed by atoms with Crippen molar-refractivity contribution in [2.45, 2.75) is 45.1 Å². The summed E-state index contributed by atoms with van der Waals surface area (Å²) >= 11 is 1.77. The molecule has 140 valence electrons. The van der Waals surface area contributed by atoms with Gasteiger partial charge in [0.2, 0.25) is 5.91 Å². The van der Waals surface area contributed by atoms with Crippen molar-refractivity contribution in [1.29, 1.82) is 0 Å². The van der Waals surface area contributed by atoms with Crippen LogP contribution in [0.4, 0.5) is 0 Å². The van der Waals surface area contributed by atoms with Gasteiger partial charge >= 0.3 is 0 Å². The topological polar surface area (TPSA) is 54.0 Å². The molecule has 3 rings (SSSR count). The first-order valence-corrected chi connectivity index (χ1v) is 9.38. The maximum absolute atomic E-state index is 12.1. The highest BCUT2D eigenvalue weighted by atomic mass is 35.5. The number of hydrogen-bond acceptors (Lipinski definition) is 4. The van der Waals surface area contributed by atoms with Crippen molar-refractivity contribution in [2.75, 3.05) is 13.1 Å².